The lowest BCUT2D eigenvalue weighted by Crippen LogP contribution is -2.38. The summed E-state index contributed by atoms with van der Waals surface area (Å²) in [6.45, 7) is 2.42. The number of allylic oxidation sites excluding steroid dienone is 2. The van der Waals surface area contributed by atoms with Gasteiger partial charge in [-0.15, -0.1) is 0 Å². The van der Waals surface area contributed by atoms with Gasteiger partial charge >= 0.3 is 0 Å². The van der Waals surface area contributed by atoms with Crippen LogP contribution >= 0.6 is 0 Å². The molecule has 2 bridgehead atoms. The molecule has 0 unspecified atom stereocenters. The average Bonchev–Trinajstić information content (AvgIpc) is 3.25. The highest BCUT2D eigenvalue weighted by Crippen LogP contribution is 2.48. The first-order valence-corrected chi connectivity index (χ1v) is 9.34. The maximum absolute atomic E-state index is 3.55. The van der Waals surface area contributed by atoms with Gasteiger partial charge in [0.25, 0.3) is 0 Å². The van der Waals surface area contributed by atoms with E-state index in [9.17, 15) is 0 Å². The van der Waals surface area contributed by atoms with Crippen LogP contribution in [-0.4, -0.2) is 13.1 Å². The molecule has 1 saturated carbocycles. The largest absolute Gasteiger partial charge is 0.317 e. The SMILES string of the molecule is C1=C[C@H]2C[C@@H]1C[C@H]2Cc1cccc2c1CCC21CCNCC1. The fourth-order valence-electron chi connectivity index (χ4n) is 5.95. The molecule has 0 radical (unpaired) electrons. The molecule has 1 heterocycles. The molecule has 2 fully saturated rings. The second-order valence-corrected chi connectivity index (χ2v) is 8.22. The summed E-state index contributed by atoms with van der Waals surface area (Å²) in [6, 6.07) is 7.25. The van der Waals surface area contributed by atoms with Crippen LogP contribution in [0.2, 0.25) is 0 Å². The minimum atomic E-state index is 0.519. The van der Waals surface area contributed by atoms with Crippen molar-refractivity contribution in [2.45, 2.75) is 50.4 Å². The first-order valence-electron chi connectivity index (χ1n) is 9.34. The Bertz CT molecular complexity index is 608. The summed E-state index contributed by atoms with van der Waals surface area (Å²) in [5.41, 5.74) is 5.69. The van der Waals surface area contributed by atoms with Crippen LogP contribution in [0.25, 0.3) is 0 Å². The highest BCUT2D eigenvalue weighted by atomic mass is 14.9. The van der Waals surface area contributed by atoms with E-state index in [-0.39, 0.29) is 0 Å². The standard InChI is InChI=1S/C21H27N/c1-2-17(14-18-13-15-4-5-16(18)12-15)19-6-7-21(20(19)3-1)8-10-22-11-9-21/h1-5,15-16,18,22H,6-14H2/t15-,16+,18+/m1/s1. The summed E-state index contributed by atoms with van der Waals surface area (Å²) in [5.74, 6) is 2.71. The minimum absolute atomic E-state index is 0.519. The third-order valence-electron chi connectivity index (χ3n) is 7.16. The minimum Gasteiger partial charge on any atom is -0.317 e. The molecule has 5 rings (SSSR count). The molecule has 116 valence electrons. The van der Waals surface area contributed by atoms with Gasteiger partial charge in [0.05, 0.1) is 0 Å². The third-order valence-corrected chi connectivity index (χ3v) is 7.16. The summed E-state index contributed by atoms with van der Waals surface area (Å²) in [6.07, 6.45) is 14.6. The highest BCUT2D eigenvalue weighted by Gasteiger charge is 2.41. The van der Waals surface area contributed by atoms with E-state index < -0.39 is 0 Å². The summed E-state index contributed by atoms with van der Waals surface area (Å²) >= 11 is 0. The molecule has 4 aliphatic rings. The third kappa shape index (κ3) is 1.94. The molecule has 1 heteroatoms. The molecule has 22 heavy (non-hydrogen) atoms. The molecule has 0 amide bonds. The van der Waals surface area contributed by atoms with Gasteiger partial charge in [0.2, 0.25) is 0 Å². The number of piperidine rings is 1. The number of benzene rings is 1. The quantitative estimate of drug-likeness (QED) is 0.812. The molecule has 0 aromatic heterocycles. The second-order valence-electron chi connectivity index (χ2n) is 8.22. The molecule has 1 nitrogen and oxygen atoms in total. The van der Waals surface area contributed by atoms with Gasteiger partial charge in [-0.1, -0.05) is 30.4 Å². The second kappa shape index (κ2) is 4.96. The van der Waals surface area contributed by atoms with Crippen LogP contribution in [0.4, 0.5) is 0 Å². The Morgan fingerprint density at radius 1 is 1.05 bits per heavy atom. The Morgan fingerprint density at radius 2 is 1.95 bits per heavy atom. The van der Waals surface area contributed by atoms with Crippen LogP contribution in [0.15, 0.2) is 30.4 Å². The molecule has 3 aliphatic carbocycles. The van der Waals surface area contributed by atoms with Crippen molar-refractivity contribution in [1.82, 2.24) is 5.32 Å². The van der Waals surface area contributed by atoms with Crippen LogP contribution in [0.1, 0.15) is 48.8 Å². The first kappa shape index (κ1) is 13.4. The maximum atomic E-state index is 3.55. The molecular formula is C21H27N. The number of fused-ring (bicyclic) bond motifs is 4. The molecule has 3 atom stereocenters. The average molecular weight is 293 g/mol. The van der Waals surface area contributed by atoms with Gasteiger partial charge < -0.3 is 5.32 Å². The number of rotatable bonds is 2. The van der Waals surface area contributed by atoms with E-state index in [1.54, 1.807) is 16.7 Å². The predicted molar refractivity (Wildman–Crippen MR) is 91.1 cm³/mol. The van der Waals surface area contributed by atoms with E-state index in [0.29, 0.717) is 5.41 Å². The zero-order chi connectivity index (χ0) is 14.6. The van der Waals surface area contributed by atoms with Crippen LogP contribution < -0.4 is 5.32 Å². The van der Waals surface area contributed by atoms with Crippen molar-refractivity contribution in [3.63, 3.8) is 0 Å². The Hall–Kier alpha value is -1.08. The van der Waals surface area contributed by atoms with Crippen LogP contribution in [0.3, 0.4) is 0 Å². The topological polar surface area (TPSA) is 12.0 Å². The normalized spacial score (nSPS) is 34.5. The lowest BCUT2D eigenvalue weighted by molar-refractivity contribution is 0.306. The van der Waals surface area contributed by atoms with Crippen molar-refractivity contribution in [3.05, 3.63) is 47.0 Å². The maximum Gasteiger partial charge on any atom is -0.00169 e. The number of nitrogens with one attached hydrogen (secondary N) is 1. The molecule has 1 aromatic carbocycles. The van der Waals surface area contributed by atoms with E-state index >= 15 is 0 Å². The summed E-state index contributed by atoms with van der Waals surface area (Å²) in [7, 11) is 0. The summed E-state index contributed by atoms with van der Waals surface area (Å²) in [5, 5.41) is 3.55. The van der Waals surface area contributed by atoms with Crippen molar-refractivity contribution in [2.75, 3.05) is 13.1 Å². The van der Waals surface area contributed by atoms with E-state index in [4.69, 9.17) is 0 Å². The van der Waals surface area contributed by atoms with Crippen LogP contribution in [0.5, 0.6) is 0 Å². The van der Waals surface area contributed by atoms with Gasteiger partial charge in [-0.2, -0.15) is 0 Å². The number of hydrogen-bond acceptors (Lipinski definition) is 1. The monoisotopic (exact) mass is 293 g/mol. The van der Waals surface area contributed by atoms with Gasteiger partial charge in [-0.3, -0.25) is 0 Å². The fraction of sp³-hybridized carbons (Fsp3) is 0.619. The molecule has 1 N–H and O–H groups in total. The Kier molecular flexibility index (Phi) is 3.01. The van der Waals surface area contributed by atoms with Crippen molar-refractivity contribution < 1.29 is 0 Å². The van der Waals surface area contributed by atoms with E-state index in [1.165, 1.54) is 58.0 Å². The van der Waals surface area contributed by atoms with Crippen LogP contribution in [0, 0.1) is 17.8 Å². The Balaban J connectivity index is 1.45. The predicted octanol–water partition coefficient (Wildman–Crippen LogP) is 4.01. The summed E-state index contributed by atoms with van der Waals surface area (Å²) in [4.78, 5) is 0. The number of hydrogen-bond donors (Lipinski definition) is 1. The van der Waals surface area contributed by atoms with Crippen molar-refractivity contribution in [2.24, 2.45) is 17.8 Å². The van der Waals surface area contributed by atoms with Gasteiger partial charge in [0, 0.05) is 0 Å². The lowest BCUT2D eigenvalue weighted by atomic mass is 9.74. The van der Waals surface area contributed by atoms with Crippen molar-refractivity contribution >= 4 is 0 Å². The molecule has 1 aliphatic heterocycles. The highest BCUT2D eigenvalue weighted by molar-refractivity contribution is 5.45. The van der Waals surface area contributed by atoms with E-state index in [0.717, 1.165) is 17.8 Å². The van der Waals surface area contributed by atoms with Gasteiger partial charge in [0.1, 0.15) is 0 Å². The smallest absolute Gasteiger partial charge is 0.00169 e. The van der Waals surface area contributed by atoms with Crippen molar-refractivity contribution in [1.29, 1.82) is 0 Å². The molecular weight excluding hydrogens is 266 g/mol. The van der Waals surface area contributed by atoms with E-state index in [1.807, 2.05) is 0 Å². The van der Waals surface area contributed by atoms with Gasteiger partial charge in [-0.25, -0.2) is 0 Å². The molecule has 1 saturated heterocycles. The Labute approximate surface area is 134 Å². The van der Waals surface area contributed by atoms with Gasteiger partial charge in [-0.05, 0) is 97.9 Å². The van der Waals surface area contributed by atoms with Crippen LogP contribution in [-0.2, 0) is 18.3 Å². The summed E-state index contributed by atoms with van der Waals surface area (Å²) < 4.78 is 0. The zero-order valence-electron chi connectivity index (χ0n) is 13.5. The molecule has 1 aromatic rings. The zero-order valence-corrected chi connectivity index (χ0v) is 13.5. The first-order chi connectivity index (χ1) is 10.8. The van der Waals surface area contributed by atoms with Crippen molar-refractivity contribution in [3.8, 4) is 0 Å². The fourth-order valence-corrected chi connectivity index (χ4v) is 5.95. The Morgan fingerprint density at radius 3 is 2.73 bits per heavy atom. The van der Waals surface area contributed by atoms with Gasteiger partial charge in [0.15, 0.2) is 0 Å². The lowest BCUT2D eigenvalue weighted by Gasteiger charge is -2.35. The molecule has 1 spiro atoms. The van der Waals surface area contributed by atoms with E-state index in [2.05, 4.69) is 35.7 Å².